The fraction of sp³-hybridized carbons (Fsp3) is 0.381. The number of nitrogens with zero attached hydrogens (tertiary/aromatic N) is 1. The van der Waals surface area contributed by atoms with Crippen LogP contribution in [-0.4, -0.2) is 26.5 Å². The predicted molar refractivity (Wildman–Crippen MR) is 115 cm³/mol. The molecule has 0 amide bonds. The van der Waals surface area contributed by atoms with Gasteiger partial charge in [0.05, 0.1) is 11.4 Å². The molecular formula is C21H29FN4O2S. The van der Waals surface area contributed by atoms with Crippen LogP contribution in [0.15, 0.2) is 58.4 Å². The summed E-state index contributed by atoms with van der Waals surface area (Å²) in [6.07, 6.45) is 0. The van der Waals surface area contributed by atoms with Crippen LogP contribution in [0.1, 0.15) is 38.8 Å². The maximum Gasteiger partial charge on any atom is 0.241 e. The quantitative estimate of drug-likeness (QED) is 0.475. The standard InChI is InChI=1S/C21H29FN4O2S/c1-5-23-20(24-14-16-9-8-11-18(22)13-16)25-15-17-10-6-7-12-19(17)29(27,28)26-21(2,3)4/h6-13,26H,5,14-15H2,1-4H3,(H2,23,24,25). The Balaban J connectivity index is 2.17. The van der Waals surface area contributed by atoms with Crippen molar-refractivity contribution in [3.8, 4) is 0 Å². The molecule has 0 spiro atoms. The van der Waals surface area contributed by atoms with Crippen molar-refractivity contribution in [2.75, 3.05) is 6.54 Å². The molecule has 0 aliphatic carbocycles. The molecule has 3 N–H and O–H groups in total. The molecule has 0 aliphatic heterocycles. The van der Waals surface area contributed by atoms with E-state index >= 15 is 0 Å². The molecule has 6 nitrogen and oxygen atoms in total. The summed E-state index contributed by atoms with van der Waals surface area (Å²) in [7, 11) is -3.66. The molecule has 0 radical (unpaired) electrons. The minimum atomic E-state index is -3.66. The minimum Gasteiger partial charge on any atom is -0.357 e. The zero-order valence-electron chi connectivity index (χ0n) is 17.3. The molecule has 0 aliphatic rings. The van der Waals surface area contributed by atoms with Crippen molar-refractivity contribution in [1.82, 2.24) is 15.4 Å². The van der Waals surface area contributed by atoms with Crippen molar-refractivity contribution in [1.29, 1.82) is 0 Å². The van der Waals surface area contributed by atoms with Gasteiger partial charge in [0.25, 0.3) is 0 Å². The Bertz CT molecular complexity index is 953. The highest BCUT2D eigenvalue weighted by molar-refractivity contribution is 7.89. The third-order valence-electron chi connectivity index (χ3n) is 3.80. The summed E-state index contributed by atoms with van der Waals surface area (Å²) >= 11 is 0. The second kappa shape index (κ2) is 9.84. The summed E-state index contributed by atoms with van der Waals surface area (Å²) in [5.41, 5.74) is 0.793. The largest absolute Gasteiger partial charge is 0.357 e. The van der Waals surface area contributed by atoms with Gasteiger partial charge in [0.15, 0.2) is 5.96 Å². The highest BCUT2D eigenvalue weighted by Crippen LogP contribution is 2.17. The van der Waals surface area contributed by atoms with Crippen molar-refractivity contribution in [2.24, 2.45) is 4.99 Å². The van der Waals surface area contributed by atoms with E-state index in [2.05, 4.69) is 20.3 Å². The SMILES string of the molecule is CCNC(=NCc1cccc(F)c1)NCc1ccccc1S(=O)(=O)NC(C)(C)C. The van der Waals surface area contributed by atoms with E-state index in [1.165, 1.54) is 12.1 Å². The molecule has 29 heavy (non-hydrogen) atoms. The van der Waals surface area contributed by atoms with Gasteiger partial charge in [-0.3, -0.25) is 0 Å². The van der Waals surface area contributed by atoms with Crippen molar-refractivity contribution < 1.29 is 12.8 Å². The van der Waals surface area contributed by atoms with E-state index in [1.807, 2.05) is 6.92 Å². The lowest BCUT2D eigenvalue weighted by Gasteiger charge is -2.22. The van der Waals surface area contributed by atoms with Gasteiger partial charge < -0.3 is 10.6 Å². The number of nitrogens with one attached hydrogen (secondary N) is 3. The van der Waals surface area contributed by atoms with Gasteiger partial charge in [-0.2, -0.15) is 0 Å². The topological polar surface area (TPSA) is 82.6 Å². The zero-order valence-corrected chi connectivity index (χ0v) is 18.1. The summed E-state index contributed by atoms with van der Waals surface area (Å²) < 4.78 is 41.5. The summed E-state index contributed by atoms with van der Waals surface area (Å²) in [6, 6.07) is 13.1. The van der Waals surface area contributed by atoms with Crippen LogP contribution >= 0.6 is 0 Å². The van der Waals surface area contributed by atoms with Gasteiger partial charge in [-0.25, -0.2) is 22.5 Å². The Morgan fingerprint density at radius 2 is 1.79 bits per heavy atom. The lowest BCUT2D eigenvalue weighted by atomic mass is 10.1. The van der Waals surface area contributed by atoms with Gasteiger partial charge in [0.1, 0.15) is 5.82 Å². The number of sulfonamides is 1. The molecule has 0 fully saturated rings. The van der Waals surface area contributed by atoms with E-state index in [0.717, 1.165) is 5.56 Å². The monoisotopic (exact) mass is 420 g/mol. The highest BCUT2D eigenvalue weighted by atomic mass is 32.2. The first-order valence-electron chi connectivity index (χ1n) is 9.49. The van der Waals surface area contributed by atoms with E-state index in [9.17, 15) is 12.8 Å². The lowest BCUT2D eigenvalue weighted by Crippen LogP contribution is -2.41. The molecule has 0 atom stereocenters. The third kappa shape index (κ3) is 7.47. The number of halogens is 1. The smallest absolute Gasteiger partial charge is 0.241 e. The van der Waals surface area contributed by atoms with Crippen LogP contribution in [0.3, 0.4) is 0 Å². The number of benzene rings is 2. The molecule has 0 aromatic heterocycles. The maximum absolute atomic E-state index is 13.3. The van der Waals surface area contributed by atoms with Gasteiger partial charge in [-0.05, 0) is 57.0 Å². The molecule has 0 saturated heterocycles. The average molecular weight is 421 g/mol. The molecule has 0 heterocycles. The van der Waals surface area contributed by atoms with Crippen molar-refractivity contribution in [3.05, 3.63) is 65.5 Å². The van der Waals surface area contributed by atoms with Crippen LogP contribution in [0.4, 0.5) is 4.39 Å². The molecular weight excluding hydrogens is 391 g/mol. The third-order valence-corrected chi connectivity index (χ3v) is 5.66. The average Bonchev–Trinajstić information content (AvgIpc) is 2.62. The first-order valence-corrected chi connectivity index (χ1v) is 11.0. The summed E-state index contributed by atoms with van der Waals surface area (Å²) in [4.78, 5) is 4.68. The fourth-order valence-electron chi connectivity index (χ4n) is 2.70. The summed E-state index contributed by atoms with van der Waals surface area (Å²) in [5.74, 6) is 0.217. The molecule has 2 rings (SSSR count). The molecule has 0 unspecified atom stereocenters. The molecule has 158 valence electrons. The fourth-order valence-corrected chi connectivity index (χ4v) is 4.36. The Labute approximate surface area is 172 Å². The number of rotatable bonds is 7. The van der Waals surface area contributed by atoms with Gasteiger partial charge in [-0.15, -0.1) is 0 Å². The Morgan fingerprint density at radius 1 is 1.07 bits per heavy atom. The van der Waals surface area contributed by atoms with E-state index in [1.54, 1.807) is 57.2 Å². The molecule has 8 heteroatoms. The highest BCUT2D eigenvalue weighted by Gasteiger charge is 2.24. The van der Waals surface area contributed by atoms with E-state index < -0.39 is 15.6 Å². The van der Waals surface area contributed by atoms with Crippen LogP contribution < -0.4 is 15.4 Å². The molecule has 2 aromatic carbocycles. The van der Waals surface area contributed by atoms with E-state index in [0.29, 0.717) is 24.6 Å². The first-order chi connectivity index (χ1) is 13.6. The summed E-state index contributed by atoms with van der Waals surface area (Å²) in [6.45, 7) is 8.55. The van der Waals surface area contributed by atoms with Crippen LogP contribution in [0, 0.1) is 5.82 Å². The van der Waals surface area contributed by atoms with Gasteiger partial charge in [0, 0.05) is 18.6 Å². The van der Waals surface area contributed by atoms with Gasteiger partial charge in [-0.1, -0.05) is 30.3 Å². The van der Waals surface area contributed by atoms with Crippen LogP contribution in [0.25, 0.3) is 0 Å². The van der Waals surface area contributed by atoms with Crippen LogP contribution in [0.5, 0.6) is 0 Å². The van der Waals surface area contributed by atoms with Gasteiger partial charge >= 0.3 is 0 Å². The Kier molecular flexibility index (Phi) is 7.75. The first kappa shape index (κ1) is 22.8. The predicted octanol–water partition coefficient (Wildman–Crippen LogP) is 3.16. The summed E-state index contributed by atoms with van der Waals surface area (Å²) in [5, 5.41) is 6.26. The molecule has 2 aromatic rings. The van der Waals surface area contributed by atoms with Gasteiger partial charge in [0.2, 0.25) is 10.0 Å². The number of hydrogen-bond acceptors (Lipinski definition) is 3. The molecule has 0 bridgehead atoms. The normalized spacial score (nSPS) is 12.7. The van der Waals surface area contributed by atoms with Crippen molar-refractivity contribution in [2.45, 2.75) is 51.2 Å². The number of hydrogen-bond donors (Lipinski definition) is 3. The molecule has 0 saturated carbocycles. The Morgan fingerprint density at radius 3 is 2.45 bits per heavy atom. The van der Waals surface area contributed by atoms with Crippen LogP contribution in [0.2, 0.25) is 0 Å². The van der Waals surface area contributed by atoms with Crippen molar-refractivity contribution >= 4 is 16.0 Å². The lowest BCUT2D eigenvalue weighted by molar-refractivity contribution is 0.491. The zero-order chi connectivity index (χ0) is 21.5. The van der Waals surface area contributed by atoms with E-state index in [-0.39, 0.29) is 17.3 Å². The number of aliphatic imine (C=N–C) groups is 1. The van der Waals surface area contributed by atoms with Crippen molar-refractivity contribution in [3.63, 3.8) is 0 Å². The van der Waals surface area contributed by atoms with E-state index in [4.69, 9.17) is 0 Å². The maximum atomic E-state index is 13.3. The van der Waals surface area contributed by atoms with Crippen LogP contribution in [-0.2, 0) is 23.1 Å². The Hall–Kier alpha value is -2.45. The second-order valence-electron chi connectivity index (χ2n) is 7.64. The number of guanidine groups is 1. The second-order valence-corrected chi connectivity index (χ2v) is 9.29. The minimum absolute atomic E-state index is 0.225.